The molecule has 3 aromatic rings. The molecular formula is C22H24BrN3O4. The van der Waals surface area contributed by atoms with E-state index in [0.29, 0.717) is 29.6 Å². The van der Waals surface area contributed by atoms with Gasteiger partial charge in [-0.1, -0.05) is 0 Å². The first-order chi connectivity index (χ1) is 14.7. The van der Waals surface area contributed by atoms with Crippen molar-refractivity contribution < 1.29 is 18.9 Å². The largest absolute Gasteiger partial charge is 0.493 e. The monoisotopic (exact) mass is 473 g/mol. The predicted molar refractivity (Wildman–Crippen MR) is 118 cm³/mol. The summed E-state index contributed by atoms with van der Waals surface area (Å²) >= 11 is 3.33. The topological polar surface area (TPSA) is 65.9 Å². The molecule has 8 heteroatoms. The normalized spacial score (nSPS) is 14.6. The summed E-state index contributed by atoms with van der Waals surface area (Å²) in [4.78, 5) is 11.1. The summed E-state index contributed by atoms with van der Waals surface area (Å²) < 4.78 is 23.7. The van der Waals surface area contributed by atoms with Gasteiger partial charge in [-0.3, -0.25) is 9.88 Å². The molecule has 0 bridgehead atoms. The number of halogens is 1. The first-order valence-corrected chi connectivity index (χ1v) is 10.7. The van der Waals surface area contributed by atoms with E-state index >= 15 is 0 Å². The average Bonchev–Trinajstić information content (AvgIpc) is 2.78. The summed E-state index contributed by atoms with van der Waals surface area (Å²) in [6.07, 6.45) is 4.33. The third-order valence-corrected chi connectivity index (χ3v) is 5.36. The molecular weight excluding hydrogens is 450 g/mol. The number of morpholine rings is 1. The minimum Gasteiger partial charge on any atom is -0.493 e. The van der Waals surface area contributed by atoms with Crippen LogP contribution in [-0.4, -0.2) is 61.4 Å². The summed E-state index contributed by atoms with van der Waals surface area (Å²) in [5.41, 5.74) is 0.779. The number of methoxy groups -OCH3 is 1. The van der Waals surface area contributed by atoms with Gasteiger partial charge in [0, 0.05) is 37.3 Å². The fourth-order valence-corrected chi connectivity index (χ4v) is 3.57. The van der Waals surface area contributed by atoms with Crippen LogP contribution in [0.2, 0.25) is 0 Å². The van der Waals surface area contributed by atoms with Crippen molar-refractivity contribution in [3.05, 3.63) is 47.3 Å². The van der Waals surface area contributed by atoms with Crippen LogP contribution >= 0.6 is 15.9 Å². The molecule has 0 radical (unpaired) electrons. The van der Waals surface area contributed by atoms with E-state index in [9.17, 15) is 0 Å². The Balaban J connectivity index is 1.47. The van der Waals surface area contributed by atoms with Gasteiger partial charge in [-0.05, 0) is 46.6 Å². The van der Waals surface area contributed by atoms with Gasteiger partial charge in [-0.25, -0.2) is 4.98 Å². The lowest BCUT2D eigenvalue weighted by atomic mass is 10.2. The standard InChI is InChI=1S/C22H24BrN3O4/c1-27-20-13-17-18(14-21(20)29-10-2-7-26-8-11-28-12-9-26)24-6-5-19(17)30-16-3-4-22(23)25-15-16/h3-6,13-15H,2,7-12H2,1H3. The van der Waals surface area contributed by atoms with Gasteiger partial charge in [0.25, 0.3) is 0 Å². The molecule has 7 nitrogen and oxygen atoms in total. The molecule has 0 spiro atoms. The number of benzene rings is 1. The second-order valence-electron chi connectivity index (χ2n) is 6.90. The number of rotatable bonds is 8. The smallest absolute Gasteiger partial charge is 0.163 e. The Bertz CT molecular complexity index is 978. The summed E-state index contributed by atoms with van der Waals surface area (Å²) in [6, 6.07) is 9.32. The fourth-order valence-electron chi connectivity index (χ4n) is 3.33. The first kappa shape index (κ1) is 20.8. The van der Waals surface area contributed by atoms with Gasteiger partial charge < -0.3 is 18.9 Å². The molecule has 158 valence electrons. The summed E-state index contributed by atoms with van der Waals surface area (Å²) in [5.74, 6) is 2.66. The Labute approximate surface area is 184 Å². The Morgan fingerprint density at radius 3 is 2.70 bits per heavy atom. The van der Waals surface area contributed by atoms with Crippen molar-refractivity contribution in [2.24, 2.45) is 0 Å². The first-order valence-electron chi connectivity index (χ1n) is 9.92. The molecule has 1 aromatic carbocycles. The minimum absolute atomic E-state index is 0.611. The van der Waals surface area contributed by atoms with Gasteiger partial charge in [0.05, 0.1) is 38.6 Å². The van der Waals surface area contributed by atoms with Crippen LogP contribution in [0.5, 0.6) is 23.0 Å². The maximum absolute atomic E-state index is 6.02. The van der Waals surface area contributed by atoms with Crippen molar-refractivity contribution in [2.45, 2.75) is 6.42 Å². The molecule has 1 aliphatic rings. The molecule has 0 amide bonds. The number of aromatic nitrogens is 2. The molecule has 0 aliphatic carbocycles. The van der Waals surface area contributed by atoms with Gasteiger partial charge in [-0.15, -0.1) is 0 Å². The Hall–Kier alpha value is -2.42. The van der Waals surface area contributed by atoms with Crippen LogP contribution in [-0.2, 0) is 4.74 Å². The molecule has 0 N–H and O–H groups in total. The van der Waals surface area contributed by atoms with Gasteiger partial charge >= 0.3 is 0 Å². The van der Waals surface area contributed by atoms with E-state index in [4.69, 9.17) is 18.9 Å². The molecule has 1 saturated heterocycles. The Morgan fingerprint density at radius 1 is 1.07 bits per heavy atom. The SMILES string of the molecule is COc1cc2c(Oc3ccc(Br)nc3)ccnc2cc1OCCCN1CCOCC1. The molecule has 0 saturated carbocycles. The molecule has 3 heterocycles. The zero-order valence-corrected chi connectivity index (χ0v) is 18.4. The number of hydrogen-bond donors (Lipinski definition) is 0. The van der Waals surface area contributed by atoms with E-state index in [-0.39, 0.29) is 0 Å². The van der Waals surface area contributed by atoms with Crippen molar-refractivity contribution in [1.29, 1.82) is 0 Å². The highest BCUT2D eigenvalue weighted by molar-refractivity contribution is 9.10. The Morgan fingerprint density at radius 2 is 1.93 bits per heavy atom. The zero-order chi connectivity index (χ0) is 20.8. The number of nitrogens with zero attached hydrogens (tertiary/aromatic N) is 3. The molecule has 1 aliphatic heterocycles. The maximum Gasteiger partial charge on any atom is 0.163 e. The highest BCUT2D eigenvalue weighted by Crippen LogP contribution is 2.37. The van der Waals surface area contributed by atoms with Gasteiger partial charge in [0.1, 0.15) is 16.1 Å². The summed E-state index contributed by atoms with van der Waals surface area (Å²) in [7, 11) is 1.64. The molecule has 0 atom stereocenters. The number of fused-ring (bicyclic) bond motifs is 1. The number of ether oxygens (including phenoxy) is 4. The van der Waals surface area contributed by atoms with Crippen molar-refractivity contribution in [1.82, 2.24) is 14.9 Å². The second kappa shape index (κ2) is 10.1. The van der Waals surface area contributed by atoms with Gasteiger partial charge in [0.2, 0.25) is 0 Å². The maximum atomic E-state index is 6.02. The van der Waals surface area contributed by atoms with Crippen molar-refractivity contribution in [3.8, 4) is 23.0 Å². The van der Waals surface area contributed by atoms with E-state index in [2.05, 4.69) is 30.8 Å². The van der Waals surface area contributed by atoms with Crippen LogP contribution in [0, 0.1) is 0 Å². The lowest BCUT2D eigenvalue weighted by Crippen LogP contribution is -2.37. The van der Waals surface area contributed by atoms with Crippen LogP contribution in [0.1, 0.15) is 6.42 Å². The van der Waals surface area contributed by atoms with E-state index in [1.807, 2.05) is 30.3 Å². The highest BCUT2D eigenvalue weighted by atomic mass is 79.9. The lowest BCUT2D eigenvalue weighted by molar-refractivity contribution is 0.0357. The van der Waals surface area contributed by atoms with E-state index in [1.165, 1.54) is 0 Å². The van der Waals surface area contributed by atoms with E-state index in [0.717, 1.165) is 54.8 Å². The average molecular weight is 474 g/mol. The Kier molecular flexibility index (Phi) is 6.99. The fraction of sp³-hybridized carbons (Fsp3) is 0.364. The van der Waals surface area contributed by atoms with Crippen LogP contribution in [0.25, 0.3) is 10.9 Å². The van der Waals surface area contributed by atoms with Gasteiger partial charge in [-0.2, -0.15) is 0 Å². The third-order valence-electron chi connectivity index (χ3n) is 4.89. The quantitative estimate of drug-likeness (QED) is 0.357. The highest BCUT2D eigenvalue weighted by Gasteiger charge is 2.13. The number of hydrogen-bond acceptors (Lipinski definition) is 7. The van der Waals surface area contributed by atoms with Gasteiger partial charge in [0.15, 0.2) is 11.5 Å². The van der Waals surface area contributed by atoms with E-state index in [1.54, 1.807) is 19.5 Å². The molecule has 4 rings (SSSR count). The summed E-state index contributed by atoms with van der Waals surface area (Å²) in [6.45, 7) is 5.20. The van der Waals surface area contributed by atoms with Crippen molar-refractivity contribution >= 4 is 26.8 Å². The molecule has 0 unspecified atom stereocenters. The lowest BCUT2D eigenvalue weighted by Gasteiger charge is -2.26. The zero-order valence-electron chi connectivity index (χ0n) is 16.8. The molecule has 30 heavy (non-hydrogen) atoms. The molecule has 2 aromatic heterocycles. The van der Waals surface area contributed by atoms with Crippen LogP contribution in [0.4, 0.5) is 0 Å². The second-order valence-corrected chi connectivity index (χ2v) is 7.72. The van der Waals surface area contributed by atoms with Crippen molar-refractivity contribution in [3.63, 3.8) is 0 Å². The van der Waals surface area contributed by atoms with Crippen molar-refractivity contribution in [2.75, 3.05) is 46.6 Å². The van der Waals surface area contributed by atoms with Crippen LogP contribution < -0.4 is 14.2 Å². The van der Waals surface area contributed by atoms with Crippen LogP contribution in [0.15, 0.2) is 47.3 Å². The minimum atomic E-state index is 0.611. The van der Waals surface area contributed by atoms with Crippen LogP contribution in [0.3, 0.4) is 0 Å². The number of pyridine rings is 2. The third kappa shape index (κ3) is 5.19. The van der Waals surface area contributed by atoms with E-state index < -0.39 is 0 Å². The predicted octanol–water partition coefficient (Wildman–Crippen LogP) is 4.29. The summed E-state index contributed by atoms with van der Waals surface area (Å²) in [5, 5.41) is 0.845. The molecule has 1 fully saturated rings.